The molecule has 3 rings (SSSR count). The second kappa shape index (κ2) is 5.04. The highest BCUT2D eigenvalue weighted by atomic mass is 32.1. The van der Waals surface area contributed by atoms with Crippen molar-refractivity contribution in [1.82, 2.24) is 4.90 Å². The number of nitrogens with zero attached hydrogens (tertiary/aromatic N) is 1. The first kappa shape index (κ1) is 12.2. The van der Waals surface area contributed by atoms with Gasteiger partial charge in [-0.05, 0) is 49.7 Å². The van der Waals surface area contributed by atoms with E-state index < -0.39 is 0 Å². The molecule has 98 valence electrons. The lowest BCUT2D eigenvalue weighted by Crippen LogP contribution is -2.26. The highest BCUT2D eigenvalue weighted by molar-refractivity contribution is 7.14. The average Bonchev–Trinajstić information content (AvgIpc) is 3.05. The molecule has 0 N–H and O–H groups in total. The lowest BCUT2D eigenvalue weighted by atomic mass is 9.87. The lowest BCUT2D eigenvalue weighted by molar-refractivity contribution is 0.0797. The van der Waals surface area contributed by atoms with E-state index >= 15 is 0 Å². The van der Waals surface area contributed by atoms with Crippen LogP contribution >= 0.6 is 11.3 Å². The Morgan fingerprint density at radius 3 is 2.94 bits per heavy atom. The van der Waals surface area contributed by atoms with Gasteiger partial charge >= 0.3 is 0 Å². The standard InChI is InChI=1S/C15H21NOS/c1-2-11-5-6-13-12(9-11)10-14(18-13)15(17)16-7-3-4-8-16/h10-11H,2-9H2,1H3. The monoisotopic (exact) mass is 263 g/mol. The predicted octanol–water partition coefficient (Wildman–Crippen LogP) is 3.50. The number of amides is 1. The molecule has 2 heterocycles. The quantitative estimate of drug-likeness (QED) is 0.799. The van der Waals surface area contributed by atoms with Crippen molar-refractivity contribution in [3.05, 3.63) is 21.4 Å². The van der Waals surface area contributed by atoms with Crippen LogP contribution in [-0.2, 0) is 12.8 Å². The highest BCUT2D eigenvalue weighted by Crippen LogP contribution is 2.34. The van der Waals surface area contributed by atoms with Crippen LogP contribution in [0.2, 0.25) is 0 Å². The van der Waals surface area contributed by atoms with Crippen molar-refractivity contribution < 1.29 is 4.79 Å². The molecule has 0 saturated carbocycles. The Hall–Kier alpha value is -0.830. The van der Waals surface area contributed by atoms with Crippen LogP contribution in [0.3, 0.4) is 0 Å². The van der Waals surface area contributed by atoms with Crippen molar-refractivity contribution in [2.24, 2.45) is 5.92 Å². The van der Waals surface area contributed by atoms with Crippen LogP contribution in [0.15, 0.2) is 6.07 Å². The topological polar surface area (TPSA) is 20.3 Å². The van der Waals surface area contributed by atoms with Crippen LogP contribution in [0.5, 0.6) is 0 Å². The van der Waals surface area contributed by atoms with Gasteiger partial charge in [-0.1, -0.05) is 13.3 Å². The summed E-state index contributed by atoms with van der Waals surface area (Å²) in [6, 6.07) is 2.18. The molecule has 0 aromatic carbocycles. The fourth-order valence-corrected chi connectivity index (χ4v) is 4.31. The zero-order chi connectivity index (χ0) is 12.5. The van der Waals surface area contributed by atoms with Gasteiger partial charge in [-0.25, -0.2) is 0 Å². The lowest BCUT2D eigenvalue weighted by Gasteiger charge is -2.19. The van der Waals surface area contributed by atoms with E-state index in [-0.39, 0.29) is 5.91 Å². The summed E-state index contributed by atoms with van der Waals surface area (Å²) < 4.78 is 0. The van der Waals surface area contributed by atoms with Crippen molar-refractivity contribution in [1.29, 1.82) is 0 Å². The minimum atomic E-state index is 0.278. The van der Waals surface area contributed by atoms with Crippen molar-refractivity contribution >= 4 is 17.2 Å². The molecule has 3 heteroatoms. The van der Waals surface area contributed by atoms with Crippen LogP contribution in [-0.4, -0.2) is 23.9 Å². The number of carbonyl (C=O) groups is 1. The number of hydrogen-bond acceptors (Lipinski definition) is 2. The van der Waals surface area contributed by atoms with E-state index in [4.69, 9.17) is 0 Å². The maximum absolute atomic E-state index is 12.4. The van der Waals surface area contributed by atoms with Crippen molar-refractivity contribution in [3.63, 3.8) is 0 Å². The fourth-order valence-electron chi connectivity index (χ4n) is 3.13. The molecule has 1 atom stereocenters. The van der Waals surface area contributed by atoms with Crippen molar-refractivity contribution in [2.45, 2.75) is 45.4 Å². The highest BCUT2D eigenvalue weighted by Gasteiger charge is 2.25. The molecule has 1 aliphatic carbocycles. The smallest absolute Gasteiger partial charge is 0.263 e. The number of rotatable bonds is 2. The van der Waals surface area contributed by atoms with E-state index in [9.17, 15) is 4.79 Å². The summed E-state index contributed by atoms with van der Waals surface area (Å²) in [7, 11) is 0. The zero-order valence-corrected chi connectivity index (χ0v) is 11.9. The molecule has 1 aromatic rings. The van der Waals surface area contributed by atoms with Gasteiger partial charge in [0.05, 0.1) is 4.88 Å². The third kappa shape index (κ3) is 2.20. The Morgan fingerprint density at radius 1 is 1.44 bits per heavy atom. The Bertz CT molecular complexity index is 445. The van der Waals surface area contributed by atoms with E-state index in [2.05, 4.69) is 13.0 Å². The Kier molecular flexibility index (Phi) is 3.42. The van der Waals surface area contributed by atoms with Gasteiger partial charge in [0, 0.05) is 18.0 Å². The van der Waals surface area contributed by atoms with Gasteiger partial charge in [-0.15, -0.1) is 11.3 Å². The van der Waals surface area contributed by atoms with Gasteiger partial charge in [0.1, 0.15) is 0 Å². The third-order valence-electron chi connectivity index (χ3n) is 4.37. The Labute approximate surface area is 113 Å². The Balaban J connectivity index is 1.78. The largest absolute Gasteiger partial charge is 0.338 e. The molecule has 0 bridgehead atoms. The molecule has 1 unspecified atom stereocenters. The van der Waals surface area contributed by atoms with Gasteiger partial charge < -0.3 is 4.90 Å². The van der Waals surface area contributed by atoms with E-state index in [0.717, 1.165) is 23.9 Å². The first-order valence-electron chi connectivity index (χ1n) is 7.18. The summed E-state index contributed by atoms with van der Waals surface area (Å²) in [6.45, 7) is 4.19. The molecule has 1 saturated heterocycles. The molecule has 1 aliphatic heterocycles. The molecular formula is C15H21NOS. The number of carbonyl (C=O) groups excluding carboxylic acids is 1. The van der Waals surface area contributed by atoms with Gasteiger partial charge in [0.15, 0.2) is 0 Å². The first-order chi connectivity index (χ1) is 8.78. The summed E-state index contributed by atoms with van der Waals surface area (Å²) in [5.74, 6) is 1.11. The summed E-state index contributed by atoms with van der Waals surface area (Å²) in [5.41, 5.74) is 1.46. The molecule has 18 heavy (non-hydrogen) atoms. The van der Waals surface area contributed by atoms with Crippen LogP contribution < -0.4 is 0 Å². The number of hydrogen-bond donors (Lipinski definition) is 0. The third-order valence-corrected chi connectivity index (χ3v) is 5.59. The minimum Gasteiger partial charge on any atom is -0.338 e. The second-order valence-corrected chi connectivity index (χ2v) is 6.71. The van der Waals surface area contributed by atoms with E-state index in [1.165, 1.54) is 49.0 Å². The van der Waals surface area contributed by atoms with Gasteiger partial charge in [0.25, 0.3) is 5.91 Å². The molecule has 0 spiro atoms. The van der Waals surface area contributed by atoms with Gasteiger partial charge in [0.2, 0.25) is 0 Å². The first-order valence-corrected chi connectivity index (χ1v) is 8.00. The van der Waals surface area contributed by atoms with Crippen molar-refractivity contribution in [2.75, 3.05) is 13.1 Å². The van der Waals surface area contributed by atoms with Crippen molar-refractivity contribution in [3.8, 4) is 0 Å². The van der Waals surface area contributed by atoms with Crippen LogP contribution in [0.25, 0.3) is 0 Å². The second-order valence-electron chi connectivity index (χ2n) is 5.58. The maximum atomic E-state index is 12.4. The molecule has 1 amide bonds. The molecule has 2 nitrogen and oxygen atoms in total. The van der Waals surface area contributed by atoms with Crippen LogP contribution in [0.1, 0.15) is 52.7 Å². The molecule has 0 radical (unpaired) electrons. The van der Waals surface area contributed by atoms with Crippen LogP contribution in [0, 0.1) is 5.92 Å². The summed E-state index contributed by atoms with van der Waals surface area (Å²) >= 11 is 1.75. The predicted molar refractivity (Wildman–Crippen MR) is 75.3 cm³/mol. The zero-order valence-electron chi connectivity index (χ0n) is 11.1. The van der Waals surface area contributed by atoms with E-state index in [1.54, 1.807) is 11.3 Å². The number of likely N-dealkylation sites (tertiary alicyclic amines) is 1. The molecule has 2 aliphatic rings. The maximum Gasteiger partial charge on any atom is 0.263 e. The summed E-state index contributed by atoms with van der Waals surface area (Å²) in [6.07, 6.45) is 7.30. The SMILES string of the molecule is CCC1CCc2sc(C(=O)N3CCCC3)cc2C1. The Morgan fingerprint density at radius 2 is 2.22 bits per heavy atom. The summed E-state index contributed by atoms with van der Waals surface area (Å²) in [5, 5.41) is 0. The minimum absolute atomic E-state index is 0.278. The fraction of sp³-hybridized carbons (Fsp3) is 0.667. The average molecular weight is 263 g/mol. The summed E-state index contributed by atoms with van der Waals surface area (Å²) in [4.78, 5) is 16.8. The molecule has 1 aromatic heterocycles. The van der Waals surface area contributed by atoms with E-state index in [0.29, 0.717) is 0 Å². The molecular weight excluding hydrogens is 242 g/mol. The normalized spacial score (nSPS) is 23.2. The number of thiophene rings is 1. The van der Waals surface area contributed by atoms with Crippen LogP contribution in [0.4, 0.5) is 0 Å². The number of aryl methyl sites for hydroxylation is 1. The van der Waals surface area contributed by atoms with Gasteiger partial charge in [-0.2, -0.15) is 0 Å². The van der Waals surface area contributed by atoms with Gasteiger partial charge in [-0.3, -0.25) is 4.79 Å². The molecule has 1 fully saturated rings. The van der Waals surface area contributed by atoms with E-state index in [1.807, 2.05) is 4.90 Å². The number of fused-ring (bicyclic) bond motifs is 1.